The average molecular weight is 1880 g/mol. The second kappa shape index (κ2) is 75.9. The normalized spacial score (nSPS) is 11.9. The molecule has 137 heavy (non-hydrogen) atoms. The van der Waals surface area contributed by atoms with Gasteiger partial charge in [0.05, 0.1) is 42.9 Å². The molecule has 0 fully saturated rings. The minimum Gasteiger partial charge on any atom is -0.348 e. The number of H-pyrrole nitrogens is 1. The number of hydrogen-bond donors (Lipinski definition) is 1. The number of imidazole rings is 2. The van der Waals surface area contributed by atoms with Crippen molar-refractivity contribution in [2.45, 2.75) is 299 Å². The molecule has 16 rings (SSSR count). The third-order valence-corrected chi connectivity index (χ3v) is 20.7. The van der Waals surface area contributed by atoms with Crippen molar-refractivity contribution in [2.24, 2.45) is 48.6 Å². The van der Waals surface area contributed by atoms with Gasteiger partial charge in [-0.1, -0.05) is 274 Å². The maximum atomic E-state index is 4.24. The molecule has 0 bridgehead atoms. The van der Waals surface area contributed by atoms with Crippen LogP contribution in [0.25, 0.3) is 0 Å². The lowest BCUT2D eigenvalue weighted by Gasteiger charge is -2.02. The zero-order chi connectivity index (χ0) is 102. The Bertz CT molecular complexity index is 4190. The molecule has 0 atom stereocenters. The minimum absolute atomic E-state index is 0.436. The number of thiazole rings is 1. The van der Waals surface area contributed by atoms with Crippen LogP contribution in [-0.4, -0.2) is 135 Å². The third-order valence-electron chi connectivity index (χ3n) is 19.6. The van der Waals surface area contributed by atoms with Crippen molar-refractivity contribution >= 4 is 41.5 Å². The molecule has 23 heteroatoms. The van der Waals surface area contributed by atoms with E-state index in [1.54, 1.807) is 73.4 Å². The van der Waals surface area contributed by atoms with Crippen molar-refractivity contribution in [2.75, 3.05) is 19.6 Å². The van der Waals surface area contributed by atoms with Crippen LogP contribution in [0.4, 0.5) is 0 Å². The highest BCUT2D eigenvalue weighted by Gasteiger charge is 2.09. The van der Waals surface area contributed by atoms with E-state index in [4.69, 9.17) is 0 Å². The van der Waals surface area contributed by atoms with Gasteiger partial charge in [0.2, 0.25) is 0 Å². The molecule has 0 spiro atoms. The fourth-order valence-corrected chi connectivity index (χ4v) is 11.5. The van der Waals surface area contributed by atoms with Crippen LogP contribution in [0.2, 0.25) is 0 Å². The monoisotopic (exact) mass is 1880 g/mol. The Morgan fingerprint density at radius 3 is 1.18 bits per heavy atom. The van der Waals surface area contributed by atoms with E-state index < -0.39 is 0 Å². The molecule has 0 aliphatic carbocycles. The molecule has 0 saturated carbocycles. The third kappa shape index (κ3) is 61.5. The van der Waals surface area contributed by atoms with Crippen molar-refractivity contribution in [1.82, 2.24) is 84.8 Å². The topological polar surface area (TPSA) is 276 Å². The van der Waals surface area contributed by atoms with Crippen LogP contribution in [-0.2, 0) is 0 Å². The second-order valence-electron chi connectivity index (χ2n) is 36.9. The summed E-state index contributed by atoms with van der Waals surface area (Å²) in [5.74, 6) is 11.4. The lowest BCUT2D eigenvalue weighted by Crippen LogP contribution is -2.00. The molecule has 0 unspecified atom stereocenters. The average Bonchev–Trinajstić information content (AvgIpc) is 1.58. The minimum atomic E-state index is 0.436. The van der Waals surface area contributed by atoms with Crippen LogP contribution in [0.3, 0.4) is 0 Å². The van der Waals surface area contributed by atoms with E-state index in [9.17, 15) is 0 Å². The highest BCUT2D eigenvalue weighted by Crippen LogP contribution is 2.20. The number of benzene rings is 1. The van der Waals surface area contributed by atoms with Crippen molar-refractivity contribution in [3.63, 3.8) is 0 Å². The first-order chi connectivity index (χ1) is 65.4. The van der Waals surface area contributed by atoms with Gasteiger partial charge in [0.25, 0.3) is 0 Å². The van der Waals surface area contributed by atoms with Gasteiger partial charge in [-0.3, -0.25) is 39.9 Å². The van der Waals surface area contributed by atoms with Gasteiger partial charge < -0.3 is 9.55 Å². The lowest BCUT2D eigenvalue weighted by molar-refractivity contribution is 0.600. The summed E-state index contributed by atoms with van der Waals surface area (Å²) in [6, 6.07) is 40.8. The number of allylic oxidation sites excluding steroid dienone is 4. The zero-order valence-electron chi connectivity index (χ0n) is 89.0. The van der Waals surface area contributed by atoms with Gasteiger partial charge in [-0.15, -0.1) is 11.3 Å². The van der Waals surface area contributed by atoms with Crippen molar-refractivity contribution in [3.8, 4) is 0 Å². The summed E-state index contributed by atoms with van der Waals surface area (Å²) in [6.07, 6.45) is 49.5. The number of aromatic amines is 1. The molecule has 11 aromatic heterocycles. The number of amidine groups is 1. The SMILES string of the molecule is CC(C)C1=CCC=N1.CC(C)C1=CCN=C1.CC(C)C1=NCC=C1.CC(C)C1=NCC=N1.CC(C)c1ccccc1.CC(C)c1ccccn1.CC(C)c1ccccn1.CC(C)c1cccnc1.CC(C)c1cccnn1.CC(C)c1ccncc1.CC(C)c1ccncn1.CC(C)c1ccnnc1.CC(C)c1ncc[nH]1.CC(C)c1ncccn1.CC(C)c1nccs1.CC(C)n1ccnc1. The van der Waals surface area contributed by atoms with E-state index in [1.165, 1.54) is 44.2 Å². The maximum absolute atomic E-state index is 4.24. The van der Waals surface area contributed by atoms with E-state index >= 15 is 0 Å². The number of rotatable bonds is 16. The van der Waals surface area contributed by atoms with E-state index in [0.29, 0.717) is 94.8 Å². The highest BCUT2D eigenvalue weighted by atomic mass is 32.1. The molecule has 0 saturated heterocycles. The van der Waals surface area contributed by atoms with Crippen LogP contribution < -0.4 is 0 Å². The molecule has 22 nitrogen and oxygen atoms in total. The van der Waals surface area contributed by atoms with Gasteiger partial charge >= 0.3 is 0 Å². The van der Waals surface area contributed by atoms with E-state index in [1.807, 2.05) is 171 Å². The quantitative estimate of drug-likeness (QED) is 0.0941. The Kier molecular flexibility index (Phi) is 68.0. The summed E-state index contributed by atoms with van der Waals surface area (Å²) < 4.78 is 2.06. The van der Waals surface area contributed by atoms with E-state index in [0.717, 1.165) is 66.3 Å². The van der Waals surface area contributed by atoms with Gasteiger partial charge in [0.1, 0.15) is 23.8 Å². The van der Waals surface area contributed by atoms with Crippen molar-refractivity contribution in [1.29, 1.82) is 0 Å². The number of nitrogens with zero attached hydrogens (tertiary/aromatic N) is 21. The van der Waals surface area contributed by atoms with Crippen LogP contribution in [0.5, 0.6) is 0 Å². The number of pyridine rings is 4. The highest BCUT2D eigenvalue weighted by molar-refractivity contribution is 7.09. The predicted octanol–water partition coefficient (Wildman–Crippen LogP) is 29.7. The zero-order valence-corrected chi connectivity index (χ0v) is 89.8. The number of hydrogen-bond acceptors (Lipinski definition) is 21. The van der Waals surface area contributed by atoms with Crippen LogP contribution in [0.15, 0.2) is 305 Å². The summed E-state index contributed by atoms with van der Waals surface area (Å²) in [5, 5.41) is 18.4. The smallest absolute Gasteiger partial charge is 0.130 e. The Hall–Kier alpha value is -12.2. The van der Waals surface area contributed by atoms with Gasteiger partial charge in [-0.25, -0.2) is 39.9 Å². The van der Waals surface area contributed by atoms with Gasteiger partial charge in [0.15, 0.2) is 0 Å². The lowest BCUT2D eigenvalue weighted by atomic mass is 10.0. The van der Waals surface area contributed by atoms with Gasteiger partial charge in [0, 0.05) is 188 Å². The largest absolute Gasteiger partial charge is 0.348 e. The predicted molar refractivity (Wildman–Crippen MR) is 584 cm³/mol. The Morgan fingerprint density at radius 2 is 0.905 bits per heavy atom. The first kappa shape index (κ1) is 123. The number of aromatic nitrogens is 17. The number of nitrogens with one attached hydrogen (secondary N) is 1. The molecule has 1 aromatic carbocycles. The van der Waals surface area contributed by atoms with Crippen LogP contribution in [0, 0.1) is 23.7 Å². The molecule has 1 N–H and O–H groups in total. The summed E-state index contributed by atoms with van der Waals surface area (Å²) in [7, 11) is 0. The fourth-order valence-electron chi connectivity index (χ4n) is 10.9. The van der Waals surface area contributed by atoms with Crippen LogP contribution >= 0.6 is 11.3 Å². The van der Waals surface area contributed by atoms with Gasteiger partial charge in [-0.2, -0.15) is 20.4 Å². The Morgan fingerprint density at radius 1 is 0.343 bits per heavy atom. The van der Waals surface area contributed by atoms with Gasteiger partial charge in [-0.05, 0) is 186 Å². The second-order valence-corrected chi connectivity index (χ2v) is 37.8. The van der Waals surface area contributed by atoms with E-state index in [-0.39, 0.29) is 0 Å². The Balaban J connectivity index is 0.000000731. The molecule has 0 amide bonds. The molecular formula is C114H168N22S. The van der Waals surface area contributed by atoms with E-state index in [2.05, 4.69) is 386 Å². The number of aliphatic imine (C=N–C) groups is 5. The van der Waals surface area contributed by atoms with Crippen molar-refractivity contribution < 1.29 is 0 Å². The summed E-state index contributed by atoms with van der Waals surface area (Å²) >= 11 is 1.72. The Labute approximate surface area is 830 Å². The maximum Gasteiger partial charge on any atom is 0.130 e. The molecule has 0 radical (unpaired) electrons. The standard InChI is InChI=1S/C9H12.4C8H11N.4C7H10N2.3C7H11N.3C6H10N2.C6H9NS/c1-8(2)9-6-4-3-5-7-9;1-7(2)8-3-5-9-6-4-8;1-7(2)8-4-3-5-9-6-8;2*1-7(2)8-5-3-4-6-9-8;1-6(2)7-3-4-8-5-9-7;1-6(2)7-3-4-8-9-5-7;1-6(2)7-8-4-3-5-9-7;1-6(2)7-4-3-5-8-9-7;1-6(2)7-3-4-8-5-7;2*1-6(2)7-4-3-5-8-7;1-6(2)8-4-3-7-5-8;3*1-5(2)6-7-3-4-8-6/h3-8H,1-2H3;4*3-7H,1-2H3;4*3-6H,1-2H3;3,5-6H,4H2,1-2H3;4-6H,3H2,1-2H3;3-4,6H,5H2,1-2H3;3-6H,1-2H3;3,5H,4H2,1-2H3;3-5H,1-2H3,(H,7,8);3-5H,1-2H3. The fraction of sp³-hybridized carbons (Fsp3) is 0.456. The molecule has 12 aromatic rings. The molecule has 4 aliphatic rings. The first-order valence-corrected chi connectivity index (χ1v) is 49.6. The summed E-state index contributed by atoms with van der Waals surface area (Å²) in [6.45, 7) is 71.1. The molecule has 740 valence electrons. The first-order valence-electron chi connectivity index (χ1n) is 48.7. The van der Waals surface area contributed by atoms with Crippen molar-refractivity contribution in [3.05, 3.63) is 342 Å². The summed E-state index contributed by atoms with van der Waals surface area (Å²) in [5.41, 5.74) is 13.7. The molecule has 15 heterocycles. The molecular weight excluding hydrogens is 1710 g/mol. The van der Waals surface area contributed by atoms with Crippen LogP contribution in [0.1, 0.15) is 361 Å². The molecule has 4 aliphatic heterocycles. The summed E-state index contributed by atoms with van der Waals surface area (Å²) in [4.78, 5) is 68.1.